The van der Waals surface area contributed by atoms with Crippen LogP contribution in [0.25, 0.3) is 0 Å². The maximum Gasteiger partial charge on any atom is 0.220 e. The van der Waals surface area contributed by atoms with Crippen molar-refractivity contribution in [1.29, 1.82) is 0 Å². The zero-order valence-electron chi connectivity index (χ0n) is 11.6. The Morgan fingerprint density at radius 2 is 2.21 bits per heavy atom. The van der Waals surface area contributed by atoms with Gasteiger partial charge in [-0.1, -0.05) is 24.4 Å². The van der Waals surface area contributed by atoms with Crippen molar-refractivity contribution in [3.05, 3.63) is 17.5 Å². The Morgan fingerprint density at radius 3 is 2.79 bits per heavy atom. The van der Waals surface area contributed by atoms with Gasteiger partial charge < -0.3 is 15.6 Å². The molecule has 3 N–H and O–H groups in total. The van der Waals surface area contributed by atoms with Gasteiger partial charge in [-0.2, -0.15) is 0 Å². The van der Waals surface area contributed by atoms with Gasteiger partial charge >= 0.3 is 0 Å². The van der Waals surface area contributed by atoms with Gasteiger partial charge in [0, 0.05) is 12.5 Å². The van der Waals surface area contributed by atoms with Crippen molar-refractivity contribution in [3.63, 3.8) is 0 Å². The SMILES string of the molecule is Cc1cc(CNC(=O)CC2(CN)CCCCC2)no1. The first-order valence-electron chi connectivity index (χ1n) is 7.02. The molecule has 0 unspecified atom stereocenters. The lowest BCUT2D eigenvalue weighted by atomic mass is 9.71. The molecule has 1 aliphatic carbocycles. The molecule has 0 bridgehead atoms. The first-order chi connectivity index (χ1) is 9.13. The minimum atomic E-state index is 0.0159. The number of hydrogen-bond donors (Lipinski definition) is 2. The lowest BCUT2D eigenvalue weighted by Crippen LogP contribution is -2.38. The second-order valence-corrected chi connectivity index (χ2v) is 5.65. The summed E-state index contributed by atoms with van der Waals surface area (Å²) >= 11 is 0. The second kappa shape index (κ2) is 6.19. The van der Waals surface area contributed by atoms with Gasteiger partial charge in [0.15, 0.2) is 0 Å². The van der Waals surface area contributed by atoms with Crippen LogP contribution in [0.15, 0.2) is 10.6 Å². The standard InChI is InChI=1S/C14H23N3O2/c1-11-7-12(17-19-11)9-16-13(18)8-14(10-15)5-3-2-4-6-14/h7H,2-6,8-10,15H2,1H3,(H,16,18). The number of hydrogen-bond acceptors (Lipinski definition) is 4. The number of carbonyl (C=O) groups is 1. The van der Waals surface area contributed by atoms with Crippen LogP contribution in [0.2, 0.25) is 0 Å². The predicted octanol–water partition coefficient (Wildman–Crippen LogP) is 1.90. The molecule has 5 nitrogen and oxygen atoms in total. The van der Waals surface area contributed by atoms with E-state index in [0.29, 0.717) is 19.5 Å². The highest BCUT2D eigenvalue weighted by molar-refractivity contribution is 5.76. The van der Waals surface area contributed by atoms with Crippen molar-refractivity contribution in [2.45, 2.75) is 52.0 Å². The van der Waals surface area contributed by atoms with Crippen molar-refractivity contribution >= 4 is 5.91 Å². The molecule has 106 valence electrons. The molecule has 19 heavy (non-hydrogen) atoms. The maximum absolute atomic E-state index is 12.0. The van der Waals surface area contributed by atoms with Crippen LogP contribution in [-0.4, -0.2) is 17.6 Å². The number of amides is 1. The zero-order chi connectivity index (χ0) is 13.7. The highest BCUT2D eigenvalue weighted by Gasteiger charge is 2.32. The molecule has 1 fully saturated rings. The summed E-state index contributed by atoms with van der Waals surface area (Å²) in [7, 11) is 0. The van der Waals surface area contributed by atoms with Crippen LogP contribution in [0.5, 0.6) is 0 Å². The minimum Gasteiger partial charge on any atom is -0.361 e. The molecule has 1 amide bonds. The first kappa shape index (κ1) is 14.1. The fraction of sp³-hybridized carbons (Fsp3) is 0.714. The topological polar surface area (TPSA) is 81.2 Å². The Balaban J connectivity index is 1.82. The van der Waals surface area contributed by atoms with E-state index in [9.17, 15) is 4.79 Å². The number of aryl methyl sites for hydroxylation is 1. The average molecular weight is 265 g/mol. The van der Waals surface area contributed by atoms with Crippen molar-refractivity contribution in [2.24, 2.45) is 11.1 Å². The Morgan fingerprint density at radius 1 is 1.47 bits per heavy atom. The van der Waals surface area contributed by atoms with E-state index in [1.165, 1.54) is 19.3 Å². The van der Waals surface area contributed by atoms with E-state index in [0.717, 1.165) is 24.3 Å². The summed E-state index contributed by atoms with van der Waals surface area (Å²) < 4.78 is 4.97. The largest absolute Gasteiger partial charge is 0.361 e. The van der Waals surface area contributed by atoms with Gasteiger partial charge in [0.05, 0.1) is 6.54 Å². The summed E-state index contributed by atoms with van der Waals surface area (Å²) in [4.78, 5) is 12.0. The van der Waals surface area contributed by atoms with Crippen LogP contribution < -0.4 is 11.1 Å². The van der Waals surface area contributed by atoms with Crippen molar-refractivity contribution < 1.29 is 9.32 Å². The molecule has 0 spiro atoms. The number of rotatable bonds is 5. The van der Waals surface area contributed by atoms with E-state index >= 15 is 0 Å². The number of carbonyl (C=O) groups excluding carboxylic acids is 1. The van der Waals surface area contributed by atoms with E-state index in [4.69, 9.17) is 10.3 Å². The van der Waals surface area contributed by atoms with E-state index in [1.807, 2.05) is 13.0 Å². The zero-order valence-corrected chi connectivity index (χ0v) is 11.6. The molecule has 1 aromatic rings. The molecule has 0 saturated heterocycles. The third-order valence-corrected chi connectivity index (χ3v) is 4.03. The van der Waals surface area contributed by atoms with Gasteiger partial charge in [0.1, 0.15) is 11.5 Å². The van der Waals surface area contributed by atoms with Crippen molar-refractivity contribution in [2.75, 3.05) is 6.54 Å². The molecular weight excluding hydrogens is 242 g/mol. The molecule has 1 heterocycles. The van der Waals surface area contributed by atoms with Gasteiger partial charge in [0.2, 0.25) is 5.91 Å². The fourth-order valence-electron chi connectivity index (χ4n) is 2.85. The molecule has 1 saturated carbocycles. The van der Waals surface area contributed by atoms with Gasteiger partial charge in [-0.15, -0.1) is 0 Å². The van der Waals surface area contributed by atoms with E-state index in [2.05, 4.69) is 10.5 Å². The van der Waals surface area contributed by atoms with E-state index in [-0.39, 0.29) is 11.3 Å². The summed E-state index contributed by atoms with van der Waals surface area (Å²) in [5.41, 5.74) is 6.67. The molecular formula is C14H23N3O2. The molecule has 0 atom stereocenters. The summed E-state index contributed by atoms with van der Waals surface area (Å²) in [5, 5.41) is 6.76. The van der Waals surface area contributed by atoms with E-state index < -0.39 is 0 Å². The molecule has 0 aromatic carbocycles. The van der Waals surface area contributed by atoms with Crippen LogP contribution in [0.3, 0.4) is 0 Å². The Hall–Kier alpha value is -1.36. The average Bonchev–Trinajstić information content (AvgIpc) is 2.83. The molecule has 0 radical (unpaired) electrons. The third kappa shape index (κ3) is 3.80. The minimum absolute atomic E-state index is 0.0159. The second-order valence-electron chi connectivity index (χ2n) is 5.65. The molecule has 1 aliphatic rings. The van der Waals surface area contributed by atoms with Crippen LogP contribution in [0.4, 0.5) is 0 Å². The van der Waals surface area contributed by atoms with Crippen molar-refractivity contribution in [3.8, 4) is 0 Å². The molecule has 5 heteroatoms. The number of nitrogens with one attached hydrogen (secondary N) is 1. The lowest BCUT2D eigenvalue weighted by molar-refractivity contribution is -0.124. The number of nitrogens with two attached hydrogens (primary N) is 1. The fourth-order valence-corrected chi connectivity index (χ4v) is 2.85. The van der Waals surface area contributed by atoms with Crippen LogP contribution in [0, 0.1) is 12.3 Å². The normalized spacial score (nSPS) is 18.2. The summed E-state index contributed by atoms with van der Waals surface area (Å²) in [6, 6.07) is 1.83. The van der Waals surface area contributed by atoms with Gasteiger partial charge in [-0.3, -0.25) is 4.79 Å². The Bertz CT molecular complexity index is 422. The van der Waals surface area contributed by atoms with Crippen LogP contribution in [0.1, 0.15) is 50.0 Å². The van der Waals surface area contributed by atoms with Crippen LogP contribution in [-0.2, 0) is 11.3 Å². The van der Waals surface area contributed by atoms with Crippen LogP contribution >= 0.6 is 0 Å². The summed E-state index contributed by atoms with van der Waals surface area (Å²) in [6.45, 7) is 2.87. The lowest BCUT2D eigenvalue weighted by Gasteiger charge is -2.35. The maximum atomic E-state index is 12.0. The van der Waals surface area contributed by atoms with Gasteiger partial charge in [-0.25, -0.2) is 0 Å². The predicted molar refractivity (Wildman–Crippen MR) is 72.3 cm³/mol. The number of nitrogens with zero attached hydrogens (tertiary/aromatic N) is 1. The van der Waals surface area contributed by atoms with Crippen molar-refractivity contribution in [1.82, 2.24) is 10.5 Å². The molecule has 1 aromatic heterocycles. The smallest absolute Gasteiger partial charge is 0.220 e. The summed E-state index contributed by atoms with van der Waals surface area (Å²) in [5.74, 6) is 0.822. The third-order valence-electron chi connectivity index (χ3n) is 4.03. The number of aromatic nitrogens is 1. The Labute approximate surface area is 113 Å². The van der Waals surface area contributed by atoms with E-state index in [1.54, 1.807) is 0 Å². The monoisotopic (exact) mass is 265 g/mol. The quantitative estimate of drug-likeness (QED) is 0.852. The summed E-state index contributed by atoms with van der Waals surface area (Å²) in [6.07, 6.45) is 6.31. The highest BCUT2D eigenvalue weighted by Crippen LogP contribution is 2.38. The molecule has 2 rings (SSSR count). The molecule has 0 aliphatic heterocycles. The van der Waals surface area contributed by atoms with Gasteiger partial charge in [0.25, 0.3) is 0 Å². The highest BCUT2D eigenvalue weighted by atomic mass is 16.5. The van der Waals surface area contributed by atoms with Gasteiger partial charge in [-0.05, 0) is 31.7 Å². The first-order valence-corrected chi connectivity index (χ1v) is 7.02. The Kier molecular flexibility index (Phi) is 4.58.